The van der Waals surface area contributed by atoms with Gasteiger partial charge in [0.1, 0.15) is 23.0 Å². The Bertz CT molecular complexity index is 2240. The average molecular weight is 1000 g/mol. The van der Waals surface area contributed by atoms with Crippen molar-refractivity contribution in [3.63, 3.8) is 0 Å². The van der Waals surface area contributed by atoms with Crippen LogP contribution in [0.3, 0.4) is 0 Å². The second-order valence-corrected chi connectivity index (χ2v) is 17.5. The third-order valence-corrected chi connectivity index (χ3v) is 11.6. The molecule has 19 heteroatoms. The topological polar surface area (TPSA) is 252 Å². The van der Waals surface area contributed by atoms with Gasteiger partial charge in [-0.25, -0.2) is 0 Å². The smallest absolute Gasteiger partial charge is 0.303 e. The first-order chi connectivity index (χ1) is 34.3. The van der Waals surface area contributed by atoms with E-state index in [1.165, 1.54) is 11.8 Å². The van der Waals surface area contributed by atoms with Crippen molar-refractivity contribution in [2.75, 3.05) is 63.2 Å². The highest BCUT2D eigenvalue weighted by Gasteiger charge is 2.24. The number of hydrogen-bond donors (Lipinski definition) is 8. The largest absolute Gasteiger partial charge is 0.497 e. The number of benzene rings is 4. The molecular formula is C52H68N6O12S. The molecule has 2 atom stereocenters. The molecule has 71 heavy (non-hydrogen) atoms. The lowest BCUT2D eigenvalue weighted by Crippen LogP contribution is -2.52. The minimum atomic E-state index is -0.946. The van der Waals surface area contributed by atoms with Gasteiger partial charge in [-0.05, 0) is 135 Å². The third-order valence-electron chi connectivity index (χ3n) is 11.0. The molecule has 4 aromatic carbocycles. The van der Waals surface area contributed by atoms with E-state index in [2.05, 4.69) is 31.9 Å². The molecule has 1 saturated carbocycles. The number of carbonyl (C=O) groups is 6. The van der Waals surface area contributed by atoms with Crippen LogP contribution in [0.25, 0.3) is 0 Å². The van der Waals surface area contributed by atoms with E-state index < -0.39 is 24.3 Å². The number of anilines is 2. The predicted molar refractivity (Wildman–Crippen MR) is 273 cm³/mol. The number of aliphatic carboxylic acids is 2. The summed E-state index contributed by atoms with van der Waals surface area (Å²) in [6, 6.07) is 29.1. The quantitative estimate of drug-likeness (QED) is 0.0212. The fourth-order valence-corrected chi connectivity index (χ4v) is 7.61. The van der Waals surface area contributed by atoms with Crippen LogP contribution in [0.1, 0.15) is 68.9 Å². The summed E-state index contributed by atoms with van der Waals surface area (Å²) in [7, 11) is 3.23. The summed E-state index contributed by atoms with van der Waals surface area (Å²) in [5.41, 5.74) is 3.39. The van der Waals surface area contributed by atoms with Crippen molar-refractivity contribution < 1.29 is 57.9 Å². The zero-order valence-electron chi connectivity index (χ0n) is 40.7. The normalized spacial score (nSPS) is 12.7. The molecule has 1 fully saturated rings. The number of carboxylic acid groups (broad SMARTS) is 2. The van der Waals surface area contributed by atoms with Crippen molar-refractivity contribution in [3.05, 3.63) is 108 Å². The van der Waals surface area contributed by atoms with E-state index in [9.17, 15) is 28.8 Å². The molecule has 1 aliphatic rings. The molecule has 2 unspecified atom stereocenters. The Morgan fingerprint density at radius 1 is 0.577 bits per heavy atom. The van der Waals surface area contributed by atoms with Gasteiger partial charge in [0.15, 0.2) is 12.3 Å². The van der Waals surface area contributed by atoms with Crippen molar-refractivity contribution in [1.29, 1.82) is 0 Å². The predicted octanol–water partition coefficient (Wildman–Crippen LogP) is 6.25. The number of thioether (sulfide) groups is 1. The summed E-state index contributed by atoms with van der Waals surface area (Å²) < 4.78 is 21.4. The van der Waals surface area contributed by atoms with E-state index in [0.29, 0.717) is 87.2 Å². The van der Waals surface area contributed by atoms with Crippen molar-refractivity contribution in [1.82, 2.24) is 21.3 Å². The molecule has 0 aliphatic heterocycles. The molecule has 8 N–H and O–H groups in total. The Kier molecular flexibility index (Phi) is 25.3. The SMILES string of the molecule is COc1ccc(CCNC(=O)C(NC(=O)CC2CCCC2)Nc2ccc(OCCCC(=O)O)cc2)cc1.COc1ccc(CCNC(=O)C(NC(=O)CSC)Nc2ccc(OCCCC(=O)O)cc2)cc1. The van der Waals surface area contributed by atoms with Crippen LogP contribution in [0.4, 0.5) is 11.4 Å². The van der Waals surface area contributed by atoms with E-state index in [1.807, 2.05) is 54.8 Å². The Balaban J connectivity index is 0.000000310. The lowest BCUT2D eigenvalue weighted by molar-refractivity contribution is -0.138. The fraction of sp³-hybridized carbons (Fsp3) is 0.423. The van der Waals surface area contributed by atoms with Crippen molar-refractivity contribution >= 4 is 58.7 Å². The number of amides is 4. The lowest BCUT2D eigenvalue weighted by atomic mass is 10.0. The van der Waals surface area contributed by atoms with Crippen LogP contribution in [0.5, 0.6) is 23.0 Å². The zero-order chi connectivity index (χ0) is 51.2. The molecule has 0 saturated heterocycles. The second-order valence-electron chi connectivity index (χ2n) is 16.6. The average Bonchev–Trinajstić information content (AvgIpc) is 3.88. The number of carbonyl (C=O) groups excluding carboxylic acids is 4. The lowest BCUT2D eigenvalue weighted by Gasteiger charge is -2.22. The van der Waals surface area contributed by atoms with Gasteiger partial charge in [0.25, 0.3) is 11.8 Å². The molecule has 0 radical (unpaired) electrons. The third kappa shape index (κ3) is 22.9. The first-order valence-corrected chi connectivity index (χ1v) is 25.0. The van der Waals surface area contributed by atoms with Crippen LogP contribution in [-0.4, -0.2) is 111 Å². The van der Waals surface area contributed by atoms with Crippen LogP contribution in [0, 0.1) is 5.92 Å². The standard InChI is InChI=1S/C28H37N3O6.C24H31N3O6S/c1-36-23-12-8-20(9-13-23)16-17-29-28(35)27(31-25(32)19-21-5-2-3-6-21)30-22-10-14-24(15-11-22)37-18-4-7-26(33)34;1-32-19-9-5-17(6-10-19)13-14-25-24(31)23(27-21(28)16-34-2)26-18-7-11-20(12-8-18)33-15-3-4-22(29)30/h8-15,21,27,30H,2-7,16-19H2,1H3,(H,29,35)(H,31,32)(H,33,34);5-12,23,26H,3-4,13-16H2,1-2H3,(H,25,31)(H,27,28)(H,29,30). The van der Waals surface area contributed by atoms with E-state index >= 15 is 0 Å². The van der Waals surface area contributed by atoms with E-state index in [4.69, 9.17) is 29.2 Å². The molecule has 4 amide bonds. The van der Waals surface area contributed by atoms with Crippen LogP contribution >= 0.6 is 11.8 Å². The van der Waals surface area contributed by atoms with Crippen molar-refractivity contribution in [3.8, 4) is 23.0 Å². The number of nitrogens with one attached hydrogen (secondary N) is 6. The van der Waals surface area contributed by atoms with Gasteiger partial charge in [0, 0.05) is 43.7 Å². The minimum absolute atomic E-state index is 0.0463. The monoisotopic (exact) mass is 1000 g/mol. The van der Waals surface area contributed by atoms with Gasteiger partial charge >= 0.3 is 11.9 Å². The summed E-state index contributed by atoms with van der Waals surface area (Å²) in [4.78, 5) is 71.8. The van der Waals surface area contributed by atoms with Gasteiger partial charge in [-0.2, -0.15) is 11.8 Å². The van der Waals surface area contributed by atoms with Crippen molar-refractivity contribution in [2.45, 2.75) is 83.0 Å². The molecule has 0 aromatic heterocycles. The number of hydrogen-bond acceptors (Lipinski definition) is 13. The van der Waals surface area contributed by atoms with Crippen LogP contribution < -0.4 is 50.8 Å². The highest BCUT2D eigenvalue weighted by atomic mass is 32.2. The highest BCUT2D eigenvalue weighted by Crippen LogP contribution is 2.27. The van der Waals surface area contributed by atoms with Crippen LogP contribution in [-0.2, 0) is 41.6 Å². The highest BCUT2D eigenvalue weighted by molar-refractivity contribution is 7.99. The summed E-state index contributed by atoms with van der Waals surface area (Å²) >= 11 is 1.37. The maximum Gasteiger partial charge on any atom is 0.303 e. The second kappa shape index (κ2) is 31.9. The molecular weight excluding hydrogens is 933 g/mol. The van der Waals surface area contributed by atoms with E-state index in [-0.39, 0.29) is 42.2 Å². The number of ether oxygens (including phenoxy) is 4. The van der Waals surface area contributed by atoms with Gasteiger partial charge in [0.05, 0.1) is 33.2 Å². The first kappa shape index (κ1) is 56.4. The van der Waals surface area contributed by atoms with E-state index in [0.717, 1.165) is 48.3 Å². The minimum Gasteiger partial charge on any atom is -0.497 e. The molecule has 0 heterocycles. The molecule has 5 rings (SSSR count). The summed E-state index contributed by atoms with van der Waals surface area (Å²) in [5.74, 6) is 0.553. The maximum atomic E-state index is 13.0. The maximum absolute atomic E-state index is 13.0. The Hall–Kier alpha value is -7.15. The van der Waals surface area contributed by atoms with Crippen LogP contribution in [0.15, 0.2) is 97.1 Å². The van der Waals surface area contributed by atoms with Gasteiger partial charge in [0.2, 0.25) is 11.8 Å². The molecule has 18 nitrogen and oxygen atoms in total. The van der Waals surface area contributed by atoms with Gasteiger partial charge in [-0.15, -0.1) is 0 Å². The van der Waals surface area contributed by atoms with Gasteiger partial charge < -0.3 is 61.1 Å². The molecule has 384 valence electrons. The van der Waals surface area contributed by atoms with Crippen molar-refractivity contribution in [2.24, 2.45) is 5.92 Å². The van der Waals surface area contributed by atoms with Gasteiger partial charge in [-0.3, -0.25) is 28.8 Å². The summed E-state index contributed by atoms with van der Waals surface area (Å²) in [5, 5.41) is 34.9. The summed E-state index contributed by atoms with van der Waals surface area (Å²) in [6.07, 6.45) is 6.96. The van der Waals surface area contributed by atoms with E-state index in [1.54, 1.807) is 62.8 Å². The summed E-state index contributed by atoms with van der Waals surface area (Å²) in [6.45, 7) is 1.42. The van der Waals surface area contributed by atoms with Gasteiger partial charge in [-0.1, -0.05) is 37.1 Å². The fourth-order valence-electron chi connectivity index (χ4n) is 7.27. The molecule has 0 bridgehead atoms. The number of rotatable bonds is 30. The first-order valence-electron chi connectivity index (χ1n) is 23.6. The molecule has 0 spiro atoms. The Morgan fingerprint density at radius 2 is 0.972 bits per heavy atom. The molecule has 4 aromatic rings. The van der Waals surface area contributed by atoms with Crippen LogP contribution in [0.2, 0.25) is 0 Å². The number of methoxy groups -OCH3 is 2. The Labute approximate surface area is 419 Å². The Morgan fingerprint density at radius 3 is 1.35 bits per heavy atom. The number of carboxylic acids is 2. The molecule has 1 aliphatic carbocycles. The zero-order valence-corrected chi connectivity index (χ0v) is 41.5.